The standard InChI is InChI=1S/C10H24N2O/c1-3-4-5-12(6-7-13)9-10(2)8-11/h10,13H,3-9,11H2,1-2H3. The van der Waals surface area contributed by atoms with Gasteiger partial charge in [-0.1, -0.05) is 20.3 Å². The molecule has 0 aromatic rings. The Labute approximate surface area is 81.9 Å². The third-order valence-electron chi connectivity index (χ3n) is 2.22. The molecule has 0 saturated heterocycles. The maximum absolute atomic E-state index is 8.85. The topological polar surface area (TPSA) is 49.5 Å². The highest BCUT2D eigenvalue weighted by Gasteiger charge is 2.07. The summed E-state index contributed by atoms with van der Waals surface area (Å²) in [5, 5.41) is 8.85. The predicted molar refractivity (Wildman–Crippen MR) is 56.7 cm³/mol. The zero-order chi connectivity index (χ0) is 10.1. The van der Waals surface area contributed by atoms with E-state index >= 15 is 0 Å². The second-order valence-electron chi connectivity index (χ2n) is 3.72. The average Bonchev–Trinajstić information content (AvgIpc) is 2.14. The van der Waals surface area contributed by atoms with E-state index in [1.54, 1.807) is 0 Å². The number of aliphatic hydroxyl groups excluding tert-OH is 1. The lowest BCUT2D eigenvalue weighted by Gasteiger charge is -2.23. The molecule has 0 fully saturated rings. The van der Waals surface area contributed by atoms with Gasteiger partial charge in [-0.05, 0) is 25.4 Å². The van der Waals surface area contributed by atoms with Crippen molar-refractivity contribution in [3.05, 3.63) is 0 Å². The summed E-state index contributed by atoms with van der Waals surface area (Å²) in [6, 6.07) is 0. The van der Waals surface area contributed by atoms with Crippen LogP contribution in [0.15, 0.2) is 0 Å². The third-order valence-corrected chi connectivity index (χ3v) is 2.22. The van der Waals surface area contributed by atoms with Crippen LogP contribution in [-0.2, 0) is 0 Å². The maximum Gasteiger partial charge on any atom is 0.0558 e. The van der Waals surface area contributed by atoms with Gasteiger partial charge in [0.2, 0.25) is 0 Å². The zero-order valence-corrected chi connectivity index (χ0v) is 9.00. The number of rotatable bonds is 8. The van der Waals surface area contributed by atoms with Gasteiger partial charge in [0, 0.05) is 13.1 Å². The van der Waals surface area contributed by atoms with Gasteiger partial charge < -0.3 is 15.7 Å². The molecule has 0 aliphatic heterocycles. The highest BCUT2D eigenvalue weighted by atomic mass is 16.3. The van der Waals surface area contributed by atoms with Gasteiger partial charge in [-0.25, -0.2) is 0 Å². The van der Waals surface area contributed by atoms with Gasteiger partial charge >= 0.3 is 0 Å². The van der Waals surface area contributed by atoms with E-state index in [0.29, 0.717) is 5.92 Å². The molecule has 80 valence electrons. The van der Waals surface area contributed by atoms with Crippen molar-refractivity contribution >= 4 is 0 Å². The first kappa shape index (κ1) is 12.9. The fraction of sp³-hybridized carbons (Fsp3) is 1.00. The summed E-state index contributed by atoms with van der Waals surface area (Å²) in [5.41, 5.74) is 5.56. The average molecular weight is 188 g/mol. The van der Waals surface area contributed by atoms with Crippen molar-refractivity contribution < 1.29 is 5.11 Å². The molecular weight excluding hydrogens is 164 g/mol. The van der Waals surface area contributed by atoms with Crippen molar-refractivity contribution in [1.82, 2.24) is 4.90 Å². The fourth-order valence-electron chi connectivity index (χ4n) is 1.33. The van der Waals surface area contributed by atoms with Crippen LogP contribution in [0.25, 0.3) is 0 Å². The highest BCUT2D eigenvalue weighted by Crippen LogP contribution is 2.00. The van der Waals surface area contributed by atoms with E-state index in [1.807, 2.05) is 0 Å². The number of aliphatic hydroxyl groups is 1. The summed E-state index contributed by atoms with van der Waals surface area (Å²) in [4.78, 5) is 2.29. The second kappa shape index (κ2) is 8.48. The summed E-state index contributed by atoms with van der Waals surface area (Å²) in [6.07, 6.45) is 2.41. The molecule has 3 nitrogen and oxygen atoms in total. The van der Waals surface area contributed by atoms with Gasteiger partial charge in [-0.2, -0.15) is 0 Å². The number of unbranched alkanes of at least 4 members (excludes halogenated alkanes) is 1. The van der Waals surface area contributed by atoms with Crippen LogP contribution < -0.4 is 5.73 Å². The summed E-state index contributed by atoms with van der Waals surface area (Å²) >= 11 is 0. The predicted octanol–water partition coefficient (Wildman–Crippen LogP) is 0.676. The van der Waals surface area contributed by atoms with Crippen molar-refractivity contribution in [2.75, 3.05) is 32.8 Å². The fourth-order valence-corrected chi connectivity index (χ4v) is 1.33. The third kappa shape index (κ3) is 6.99. The number of hydrogen-bond donors (Lipinski definition) is 2. The second-order valence-corrected chi connectivity index (χ2v) is 3.72. The van der Waals surface area contributed by atoms with E-state index in [1.165, 1.54) is 12.8 Å². The van der Waals surface area contributed by atoms with Crippen LogP contribution >= 0.6 is 0 Å². The number of hydrogen-bond acceptors (Lipinski definition) is 3. The van der Waals surface area contributed by atoms with Crippen LogP contribution in [0.5, 0.6) is 0 Å². The van der Waals surface area contributed by atoms with Crippen molar-refractivity contribution in [2.45, 2.75) is 26.7 Å². The normalized spacial score (nSPS) is 13.6. The van der Waals surface area contributed by atoms with E-state index < -0.39 is 0 Å². The molecule has 0 spiro atoms. The minimum atomic E-state index is 0.251. The molecule has 0 aromatic heterocycles. The van der Waals surface area contributed by atoms with Gasteiger partial charge in [0.05, 0.1) is 6.61 Å². The van der Waals surface area contributed by atoms with Crippen LogP contribution in [0, 0.1) is 5.92 Å². The van der Waals surface area contributed by atoms with E-state index in [2.05, 4.69) is 18.7 Å². The first-order valence-corrected chi connectivity index (χ1v) is 5.27. The molecule has 1 atom stereocenters. The number of nitrogens with zero attached hydrogens (tertiary/aromatic N) is 1. The lowest BCUT2D eigenvalue weighted by Crippen LogP contribution is -2.34. The van der Waals surface area contributed by atoms with E-state index in [9.17, 15) is 0 Å². The van der Waals surface area contributed by atoms with Crippen LogP contribution in [0.2, 0.25) is 0 Å². The van der Waals surface area contributed by atoms with Gasteiger partial charge in [0.25, 0.3) is 0 Å². The molecule has 0 radical (unpaired) electrons. The van der Waals surface area contributed by atoms with E-state index in [0.717, 1.165) is 26.2 Å². The quantitative estimate of drug-likeness (QED) is 0.589. The largest absolute Gasteiger partial charge is 0.395 e. The Kier molecular flexibility index (Phi) is 8.40. The minimum absolute atomic E-state index is 0.251. The minimum Gasteiger partial charge on any atom is -0.395 e. The van der Waals surface area contributed by atoms with E-state index in [4.69, 9.17) is 10.8 Å². The SMILES string of the molecule is CCCCN(CCO)CC(C)CN. The Balaban J connectivity index is 3.65. The lowest BCUT2D eigenvalue weighted by molar-refractivity contribution is 0.178. The van der Waals surface area contributed by atoms with Gasteiger partial charge in [-0.3, -0.25) is 0 Å². The monoisotopic (exact) mass is 188 g/mol. The van der Waals surface area contributed by atoms with Crippen LogP contribution in [0.3, 0.4) is 0 Å². The van der Waals surface area contributed by atoms with Crippen molar-refractivity contribution in [2.24, 2.45) is 11.7 Å². The highest BCUT2D eigenvalue weighted by molar-refractivity contribution is 4.62. The molecule has 0 rings (SSSR count). The Morgan fingerprint density at radius 2 is 2.08 bits per heavy atom. The Morgan fingerprint density at radius 1 is 1.38 bits per heavy atom. The van der Waals surface area contributed by atoms with Gasteiger partial charge in [-0.15, -0.1) is 0 Å². The molecule has 13 heavy (non-hydrogen) atoms. The number of nitrogens with two attached hydrogens (primary N) is 1. The summed E-state index contributed by atoms with van der Waals surface area (Å²) < 4.78 is 0. The molecular formula is C10H24N2O. The smallest absolute Gasteiger partial charge is 0.0558 e. The molecule has 0 bridgehead atoms. The van der Waals surface area contributed by atoms with Crippen LogP contribution in [0.4, 0.5) is 0 Å². The molecule has 0 amide bonds. The Bertz CT molecular complexity index is 109. The Morgan fingerprint density at radius 3 is 2.54 bits per heavy atom. The van der Waals surface area contributed by atoms with Crippen LogP contribution in [-0.4, -0.2) is 42.8 Å². The summed E-state index contributed by atoms with van der Waals surface area (Å²) in [6.45, 7) is 8.19. The van der Waals surface area contributed by atoms with E-state index in [-0.39, 0.29) is 6.61 Å². The van der Waals surface area contributed by atoms with Gasteiger partial charge in [0.1, 0.15) is 0 Å². The first-order valence-electron chi connectivity index (χ1n) is 5.27. The molecule has 0 saturated carbocycles. The van der Waals surface area contributed by atoms with Gasteiger partial charge in [0.15, 0.2) is 0 Å². The maximum atomic E-state index is 8.85. The lowest BCUT2D eigenvalue weighted by atomic mass is 10.1. The summed E-state index contributed by atoms with van der Waals surface area (Å²) in [7, 11) is 0. The van der Waals surface area contributed by atoms with Crippen molar-refractivity contribution in [3.8, 4) is 0 Å². The Hall–Kier alpha value is -0.120. The van der Waals surface area contributed by atoms with Crippen molar-refractivity contribution in [3.63, 3.8) is 0 Å². The zero-order valence-electron chi connectivity index (χ0n) is 9.00. The first-order chi connectivity index (χ1) is 6.24. The molecule has 0 aliphatic carbocycles. The van der Waals surface area contributed by atoms with Crippen LogP contribution in [0.1, 0.15) is 26.7 Å². The molecule has 0 aliphatic rings. The molecule has 0 aromatic carbocycles. The van der Waals surface area contributed by atoms with Crippen molar-refractivity contribution in [1.29, 1.82) is 0 Å². The molecule has 3 heteroatoms. The molecule has 3 N–H and O–H groups in total. The summed E-state index contributed by atoms with van der Waals surface area (Å²) in [5.74, 6) is 0.531. The molecule has 0 heterocycles. The molecule has 1 unspecified atom stereocenters.